The fourth-order valence-corrected chi connectivity index (χ4v) is 9.99. The number of unbranched alkanes of at least 4 members (excludes halogenated alkanes) is 27. The zero-order valence-corrected chi connectivity index (χ0v) is 55.0. The lowest BCUT2D eigenvalue weighted by atomic mass is 9.98. The van der Waals surface area contributed by atoms with Crippen molar-refractivity contribution in [2.24, 2.45) is 0 Å². The van der Waals surface area contributed by atoms with Gasteiger partial charge in [-0.05, 0) is 128 Å². The molecular formula is C75H124O12. The molecule has 0 aromatic carbocycles. The monoisotopic (exact) mass is 1220 g/mol. The zero-order valence-electron chi connectivity index (χ0n) is 55.0. The molecule has 0 bridgehead atoms. The molecular weight excluding hydrogens is 1090 g/mol. The minimum Gasteiger partial charge on any atom is -0.479 e. The van der Waals surface area contributed by atoms with Crippen molar-refractivity contribution in [3.05, 3.63) is 109 Å². The van der Waals surface area contributed by atoms with Crippen LogP contribution in [0.4, 0.5) is 0 Å². The normalized spacial score (nSPS) is 18.0. The highest BCUT2D eigenvalue weighted by atomic mass is 16.7. The highest BCUT2D eigenvalue weighted by Gasteiger charge is 2.50. The smallest absolute Gasteiger partial charge is 0.335 e. The summed E-state index contributed by atoms with van der Waals surface area (Å²) >= 11 is 0. The molecule has 496 valence electrons. The second kappa shape index (κ2) is 61.6. The van der Waals surface area contributed by atoms with Gasteiger partial charge in [-0.2, -0.15) is 0 Å². The standard InChI is InChI=1S/C75H124O12/c1-4-7-10-13-16-19-22-25-28-31-34-37-40-43-46-49-52-55-58-61-67(76)83-64-66(85-68(77)62-59-56-53-50-47-44-41-38-35-32-29-26-23-20-17-14-11-8-5-2)65-84-75-73(71(80)70(79)72(87-75)74(81)82)86-69(78)63-60-57-54-51-48-45-42-39-36-33-30-27-24-21-18-15-12-9-6-3/h7,10,16-17,19-20,25-30,34-35,37-38,43,46,66,70-73,75,79-80H,4-6,8-9,11-15,18,21-24,31-33,36,39-42,44-45,47-65H2,1-3H3,(H,81,82)/b10-7-,19-16-,20-17-,28-25-,29-26-,30-27-,37-34-,38-35-,46-43-. The maximum Gasteiger partial charge on any atom is 0.335 e. The molecule has 12 heteroatoms. The number of aliphatic carboxylic acids is 1. The number of aliphatic hydroxyl groups is 2. The molecule has 6 unspecified atom stereocenters. The summed E-state index contributed by atoms with van der Waals surface area (Å²) in [5, 5.41) is 31.7. The summed E-state index contributed by atoms with van der Waals surface area (Å²) in [7, 11) is 0. The number of carboxylic acids is 1. The van der Waals surface area contributed by atoms with E-state index in [4.69, 9.17) is 23.7 Å². The van der Waals surface area contributed by atoms with E-state index in [0.717, 1.165) is 135 Å². The number of rotatable bonds is 59. The lowest BCUT2D eigenvalue weighted by Gasteiger charge is -2.40. The van der Waals surface area contributed by atoms with Crippen molar-refractivity contribution in [3.63, 3.8) is 0 Å². The van der Waals surface area contributed by atoms with Gasteiger partial charge in [0.05, 0.1) is 6.61 Å². The Labute approximate surface area is 529 Å². The van der Waals surface area contributed by atoms with Crippen LogP contribution in [0.15, 0.2) is 109 Å². The van der Waals surface area contributed by atoms with Gasteiger partial charge in [0, 0.05) is 19.3 Å². The van der Waals surface area contributed by atoms with Gasteiger partial charge in [0.1, 0.15) is 18.8 Å². The fourth-order valence-electron chi connectivity index (χ4n) is 9.99. The van der Waals surface area contributed by atoms with Crippen molar-refractivity contribution in [2.75, 3.05) is 13.2 Å². The molecule has 6 atom stereocenters. The van der Waals surface area contributed by atoms with Gasteiger partial charge in [-0.3, -0.25) is 14.4 Å². The molecule has 0 radical (unpaired) electrons. The first kappa shape index (κ1) is 80.4. The van der Waals surface area contributed by atoms with Crippen molar-refractivity contribution >= 4 is 23.9 Å². The van der Waals surface area contributed by atoms with E-state index < -0.39 is 67.3 Å². The quantitative estimate of drug-likeness (QED) is 0.0228. The van der Waals surface area contributed by atoms with E-state index in [2.05, 4.69) is 130 Å². The molecule has 0 aromatic rings. The van der Waals surface area contributed by atoms with Crippen LogP contribution in [-0.4, -0.2) is 89.2 Å². The predicted octanol–water partition coefficient (Wildman–Crippen LogP) is 19.4. The predicted molar refractivity (Wildman–Crippen MR) is 358 cm³/mol. The Morgan fingerprint density at radius 1 is 0.391 bits per heavy atom. The van der Waals surface area contributed by atoms with Gasteiger partial charge < -0.3 is 39.0 Å². The summed E-state index contributed by atoms with van der Waals surface area (Å²) in [5.41, 5.74) is 0. The van der Waals surface area contributed by atoms with E-state index in [1.807, 2.05) is 0 Å². The molecule has 1 aliphatic rings. The van der Waals surface area contributed by atoms with E-state index >= 15 is 0 Å². The lowest BCUT2D eigenvalue weighted by Crippen LogP contribution is -2.61. The van der Waals surface area contributed by atoms with Crippen LogP contribution in [-0.2, 0) is 42.9 Å². The number of carbonyl (C=O) groups excluding carboxylic acids is 3. The Morgan fingerprint density at radius 2 is 0.724 bits per heavy atom. The maximum absolute atomic E-state index is 13.2. The third kappa shape index (κ3) is 50.9. The first-order valence-electron chi connectivity index (χ1n) is 34.9. The van der Waals surface area contributed by atoms with Crippen molar-refractivity contribution < 1.29 is 58.2 Å². The topological polar surface area (TPSA) is 175 Å². The molecule has 1 heterocycles. The summed E-state index contributed by atoms with van der Waals surface area (Å²) in [5.74, 6) is -3.18. The number of allylic oxidation sites excluding steroid dienone is 18. The Morgan fingerprint density at radius 3 is 1.15 bits per heavy atom. The zero-order chi connectivity index (χ0) is 63.1. The number of hydrogen-bond donors (Lipinski definition) is 3. The van der Waals surface area contributed by atoms with Crippen LogP contribution >= 0.6 is 0 Å². The first-order chi connectivity index (χ1) is 42.6. The van der Waals surface area contributed by atoms with Crippen molar-refractivity contribution in [1.29, 1.82) is 0 Å². The largest absolute Gasteiger partial charge is 0.479 e. The third-order valence-electron chi connectivity index (χ3n) is 15.3. The van der Waals surface area contributed by atoms with Crippen LogP contribution < -0.4 is 0 Å². The van der Waals surface area contributed by atoms with E-state index in [1.54, 1.807) is 0 Å². The molecule has 1 saturated heterocycles. The Balaban J connectivity index is 2.68. The SMILES string of the molecule is CC/C=C\C/C=C\C/C=C\C/C=C\C/C=C\CCCCCC(=O)OCC(COC1OC(C(=O)O)C(O)C(O)C1OC(=O)CCCCCCCCCCC/C=C\CCCCCCCC)OC(=O)CCCCCCCC/C=C\C/C=C\C/C=C\CCCCC. The van der Waals surface area contributed by atoms with Gasteiger partial charge >= 0.3 is 23.9 Å². The highest BCUT2D eigenvalue weighted by molar-refractivity contribution is 5.74. The maximum atomic E-state index is 13.2. The molecule has 1 aliphatic heterocycles. The number of hydrogen-bond acceptors (Lipinski definition) is 11. The summed E-state index contributed by atoms with van der Waals surface area (Å²) in [6.07, 6.45) is 71.8. The fraction of sp³-hybridized carbons (Fsp3) is 0.707. The van der Waals surface area contributed by atoms with Crippen LogP contribution in [0.3, 0.4) is 0 Å². The van der Waals surface area contributed by atoms with E-state index in [9.17, 15) is 34.5 Å². The summed E-state index contributed by atoms with van der Waals surface area (Å²) in [6, 6.07) is 0. The average molecular weight is 1220 g/mol. The minimum atomic E-state index is -1.92. The molecule has 3 N–H and O–H groups in total. The molecule has 12 nitrogen and oxygen atoms in total. The van der Waals surface area contributed by atoms with Gasteiger partial charge in [0.15, 0.2) is 24.6 Å². The number of ether oxygens (including phenoxy) is 5. The molecule has 0 aliphatic carbocycles. The second-order valence-corrected chi connectivity index (χ2v) is 23.4. The van der Waals surface area contributed by atoms with Gasteiger partial charge in [-0.25, -0.2) is 4.79 Å². The summed E-state index contributed by atoms with van der Waals surface area (Å²) in [4.78, 5) is 51.5. The van der Waals surface area contributed by atoms with E-state index in [1.165, 1.54) is 96.3 Å². The number of aliphatic hydroxyl groups excluding tert-OH is 2. The van der Waals surface area contributed by atoms with E-state index in [0.29, 0.717) is 19.3 Å². The molecule has 0 spiro atoms. The van der Waals surface area contributed by atoms with Crippen LogP contribution in [0.1, 0.15) is 290 Å². The van der Waals surface area contributed by atoms with Crippen LogP contribution in [0.5, 0.6) is 0 Å². The Kier molecular flexibility index (Phi) is 56.9. The van der Waals surface area contributed by atoms with Crippen LogP contribution in [0.2, 0.25) is 0 Å². The van der Waals surface area contributed by atoms with Crippen molar-refractivity contribution in [1.82, 2.24) is 0 Å². The van der Waals surface area contributed by atoms with Crippen LogP contribution in [0, 0.1) is 0 Å². The molecule has 1 rings (SSSR count). The Hall–Kier alpha value is -4.62. The van der Waals surface area contributed by atoms with Gasteiger partial charge in [-0.15, -0.1) is 0 Å². The van der Waals surface area contributed by atoms with E-state index in [-0.39, 0.29) is 25.9 Å². The summed E-state index contributed by atoms with van der Waals surface area (Å²) in [6.45, 7) is 5.85. The van der Waals surface area contributed by atoms with Crippen molar-refractivity contribution in [3.8, 4) is 0 Å². The highest BCUT2D eigenvalue weighted by Crippen LogP contribution is 2.27. The van der Waals surface area contributed by atoms with Gasteiger partial charge in [-0.1, -0.05) is 252 Å². The molecule has 0 amide bonds. The van der Waals surface area contributed by atoms with Crippen molar-refractivity contribution in [2.45, 2.75) is 327 Å². The number of esters is 3. The van der Waals surface area contributed by atoms with Crippen LogP contribution in [0.25, 0.3) is 0 Å². The summed E-state index contributed by atoms with van der Waals surface area (Å²) < 4.78 is 28.6. The van der Waals surface area contributed by atoms with Gasteiger partial charge in [0.2, 0.25) is 0 Å². The average Bonchev–Trinajstić information content (AvgIpc) is 2.56. The number of carboxylic acid groups (broad SMARTS) is 1. The third-order valence-corrected chi connectivity index (χ3v) is 15.3. The van der Waals surface area contributed by atoms with Gasteiger partial charge in [0.25, 0.3) is 0 Å². The molecule has 87 heavy (non-hydrogen) atoms. The second-order valence-electron chi connectivity index (χ2n) is 23.4. The number of carbonyl (C=O) groups is 4. The molecule has 1 fully saturated rings. The molecule has 0 aromatic heterocycles. The Bertz CT molecular complexity index is 1930. The molecule has 0 saturated carbocycles. The lowest BCUT2D eigenvalue weighted by molar-refractivity contribution is -0.301. The first-order valence-corrected chi connectivity index (χ1v) is 34.9. The minimum absolute atomic E-state index is 0.0492.